The van der Waals surface area contributed by atoms with Gasteiger partial charge in [-0.25, -0.2) is 4.98 Å². The fourth-order valence-corrected chi connectivity index (χ4v) is 3.23. The SMILES string of the molecule is NC(=O)c1cccnc1N1CCN(Cc2nnnn2-c2ccccc2)CC1. The lowest BCUT2D eigenvalue weighted by atomic mass is 10.2. The molecular formula is C18H20N8O. The topological polar surface area (TPSA) is 106 Å². The summed E-state index contributed by atoms with van der Waals surface area (Å²) in [6, 6.07) is 13.3. The van der Waals surface area contributed by atoms with Crippen molar-refractivity contribution >= 4 is 11.7 Å². The third-order valence-electron chi connectivity index (χ3n) is 4.62. The maximum atomic E-state index is 11.6. The van der Waals surface area contributed by atoms with Crippen molar-refractivity contribution in [2.24, 2.45) is 5.73 Å². The van der Waals surface area contributed by atoms with Crippen molar-refractivity contribution in [3.63, 3.8) is 0 Å². The Bertz CT molecular complexity index is 918. The standard InChI is InChI=1S/C18H20N8O/c19-17(27)15-7-4-8-20-18(15)25-11-9-24(10-12-25)13-16-21-22-23-26(16)14-5-2-1-3-6-14/h1-8H,9-13H2,(H2,19,27). The number of hydrogen-bond donors (Lipinski definition) is 1. The molecule has 0 spiro atoms. The van der Waals surface area contributed by atoms with Gasteiger partial charge in [0.2, 0.25) is 0 Å². The summed E-state index contributed by atoms with van der Waals surface area (Å²) in [4.78, 5) is 20.4. The van der Waals surface area contributed by atoms with Gasteiger partial charge in [0.1, 0.15) is 5.82 Å². The van der Waals surface area contributed by atoms with Gasteiger partial charge in [-0.3, -0.25) is 9.69 Å². The van der Waals surface area contributed by atoms with Crippen LogP contribution in [0.4, 0.5) is 5.82 Å². The largest absolute Gasteiger partial charge is 0.365 e. The highest BCUT2D eigenvalue weighted by atomic mass is 16.1. The summed E-state index contributed by atoms with van der Waals surface area (Å²) >= 11 is 0. The first-order chi connectivity index (χ1) is 13.2. The Morgan fingerprint density at radius 2 is 1.81 bits per heavy atom. The van der Waals surface area contributed by atoms with Crippen molar-refractivity contribution in [3.8, 4) is 5.69 Å². The Labute approximate surface area is 156 Å². The molecule has 0 atom stereocenters. The van der Waals surface area contributed by atoms with Gasteiger partial charge in [0, 0.05) is 32.4 Å². The molecule has 9 heteroatoms. The van der Waals surface area contributed by atoms with Crippen LogP contribution in [0.3, 0.4) is 0 Å². The number of aromatic nitrogens is 5. The third-order valence-corrected chi connectivity index (χ3v) is 4.62. The average Bonchev–Trinajstić information content (AvgIpc) is 3.17. The fraction of sp³-hybridized carbons (Fsp3) is 0.278. The molecule has 2 aromatic heterocycles. The van der Waals surface area contributed by atoms with Crippen molar-refractivity contribution < 1.29 is 4.79 Å². The number of carbonyl (C=O) groups excluding carboxylic acids is 1. The van der Waals surface area contributed by atoms with Crippen molar-refractivity contribution in [2.45, 2.75) is 6.54 Å². The number of amides is 1. The van der Waals surface area contributed by atoms with Crippen molar-refractivity contribution in [3.05, 3.63) is 60.0 Å². The smallest absolute Gasteiger partial charge is 0.252 e. The van der Waals surface area contributed by atoms with Crippen molar-refractivity contribution in [1.82, 2.24) is 30.1 Å². The molecule has 1 fully saturated rings. The van der Waals surface area contributed by atoms with Crippen LogP contribution in [0.25, 0.3) is 5.69 Å². The van der Waals surface area contributed by atoms with Gasteiger partial charge in [-0.2, -0.15) is 4.68 Å². The van der Waals surface area contributed by atoms with Gasteiger partial charge in [-0.1, -0.05) is 18.2 Å². The van der Waals surface area contributed by atoms with E-state index in [1.54, 1.807) is 23.0 Å². The van der Waals surface area contributed by atoms with Gasteiger partial charge in [0.05, 0.1) is 17.8 Å². The second-order valence-electron chi connectivity index (χ2n) is 6.34. The number of rotatable bonds is 5. The number of hydrogen-bond acceptors (Lipinski definition) is 7. The van der Waals surface area contributed by atoms with E-state index < -0.39 is 5.91 Å². The van der Waals surface area contributed by atoms with Crippen LogP contribution in [-0.2, 0) is 6.54 Å². The molecule has 1 aliphatic heterocycles. The molecule has 27 heavy (non-hydrogen) atoms. The molecule has 0 unspecified atom stereocenters. The van der Waals surface area contributed by atoms with Gasteiger partial charge in [-0.05, 0) is 34.7 Å². The second kappa shape index (κ2) is 7.50. The van der Waals surface area contributed by atoms with E-state index in [1.165, 1.54) is 0 Å². The summed E-state index contributed by atoms with van der Waals surface area (Å²) in [5, 5.41) is 12.1. The van der Waals surface area contributed by atoms with Crippen molar-refractivity contribution in [1.29, 1.82) is 0 Å². The number of nitrogens with zero attached hydrogens (tertiary/aromatic N) is 7. The molecule has 9 nitrogen and oxygen atoms in total. The Morgan fingerprint density at radius 3 is 2.56 bits per heavy atom. The first kappa shape index (κ1) is 17.1. The lowest BCUT2D eigenvalue weighted by molar-refractivity contribution is 0.1000. The zero-order valence-corrected chi connectivity index (χ0v) is 14.8. The molecule has 0 bridgehead atoms. The van der Waals surface area contributed by atoms with Crippen LogP contribution in [0.2, 0.25) is 0 Å². The second-order valence-corrected chi connectivity index (χ2v) is 6.34. The van der Waals surface area contributed by atoms with E-state index >= 15 is 0 Å². The Morgan fingerprint density at radius 1 is 1.04 bits per heavy atom. The predicted molar refractivity (Wildman–Crippen MR) is 99.4 cm³/mol. The maximum Gasteiger partial charge on any atom is 0.252 e. The molecule has 3 aromatic rings. The summed E-state index contributed by atoms with van der Waals surface area (Å²) in [6.45, 7) is 3.79. The minimum atomic E-state index is -0.456. The number of pyridine rings is 1. The molecule has 138 valence electrons. The van der Waals surface area contributed by atoms with Gasteiger partial charge in [-0.15, -0.1) is 5.10 Å². The zero-order valence-electron chi connectivity index (χ0n) is 14.8. The summed E-state index contributed by atoms with van der Waals surface area (Å²) in [6.07, 6.45) is 1.68. The number of para-hydroxylation sites is 1. The first-order valence-corrected chi connectivity index (χ1v) is 8.77. The summed E-state index contributed by atoms with van der Waals surface area (Å²) in [5.74, 6) is 0.992. The predicted octanol–water partition coefficient (Wildman–Crippen LogP) is 0.478. The number of anilines is 1. The molecule has 0 radical (unpaired) electrons. The minimum absolute atomic E-state index is 0.456. The van der Waals surface area contributed by atoms with E-state index in [0.717, 1.165) is 37.7 Å². The van der Waals surface area contributed by atoms with E-state index in [4.69, 9.17) is 5.73 Å². The highest BCUT2D eigenvalue weighted by Gasteiger charge is 2.23. The zero-order chi connectivity index (χ0) is 18.6. The number of carbonyl (C=O) groups is 1. The molecule has 2 N–H and O–H groups in total. The fourth-order valence-electron chi connectivity index (χ4n) is 3.23. The minimum Gasteiger partial charge on any atom is -0.365 e. The van der Waals surface area contributed by atoms with Crippen LogP contribution >= 0.6 is 0 Å². The number of piperazine rings is 1. The molecule has 3 heterocycles. The normalized spacial score (nSPS) is 15.0. The molecule has 1 aliphatic rings. The van der Waals surface area contributed by atoms with Gasteiger partial charge >= 0.3 is 0 Å². The van der Waals surface area contributed by atoms with Crippen LogP contribution in [0.15, 0.2) is 48.7 Å². The lowest BCUT2D eigenvalue weighted by Gasteiger charge is -2.35. The number of benzene rings is 1. The van der Waals surface area contributed by atoms with Gasteiger partial charge in [0.25, 0.3) is 5.91 Å². The number of tetrazole rings is 1. The molecule has 1 amide bonds. The summed E-state index contributed by atoms with van der Waals surface area (Å²) in [7, 11) is 0. The lowest BCUT2D eigenvalue weighted by Crippen LogP contribution is -2.47. The maximum absolute atomic E-state index is 11.6. The number of primary amides is 1. The molecule has 0 saturated carbocycles. The summed E-state index contributed by atoms with van der Waals surface area (Å²) < 4.78 is 1.76. The van der Waals surface area contributed by atoms with Crippen molar-refractivity contribution in [2.75, 3.05) is 31.1 Å². The third kappa shape index (κ3) is 3.63. The summed E-state index contributed by atoms with van der Waals surface area (Å²) in [5.41, 5.74) is 6.87. The molecule has 0 aliphatic carbocycles. The average molecular weight is 364 g/mol. The Kier molecular flexibility index (Phi) is 4.75. The van der Waals surface area contributed by atoms with Crippen LogP contribution in [0.5, 0.6) is 0 Å². The molecule has 1 aromatic carbocycles. The van der Waals surface area contributed by atoms with Gasteiger partial charge in [0.15, 0.2) is 5.82 Å². The van der Waals surface area contributed by atoms with Crippen LogP contribution in [-0.4, -0.2) is 62.2 Å². The van der Waals surface area contributed by atoms with E-state index in [1.807, 2.05) is 30.3 Å². The molecular weight excluding hydrogens is 344 g/mol. The highest BCUT2D eigenvalue weighted by Crippen LogP contribution is 2.19. The van der Waals surface area contributed by atoms with E-state index in [-0.39, 0.29) is 0 Å². The Balaban J connectivity index is 1.43. The highest BCUT2D eigenvalue weighted by molar-refractivity contribution is 5.97. The number of nitrogens with two attached hydrogens (primary N) is 1. The van der Waals surface area contributed by atoms with Gasteiger partial charge < -0.3 is 10.6 Å². The van der Waals surface area contributed by atoms with Crippen LogP contribution < -0.4 is 10.6 Å². The van der Waals surface area contributed by atoms with E-state index in [9.17, 15) is 4.79 Å². The molecule has 4 rings (SSSR count). The van der Waals surface area contributed by atoms with E-state index in [2.05, 4.69) is 30.3 Å². The monoisotopic (exact) mass is 364 g/mol. The van der Waals surface area contributed by atoms with Crippen LogP contribution in [0.1, 0.15) is 16.2 Å². The Hall–Kier alpha value is -3.33. The van der Waals surface area contributed by atoms with E-state index in [0.29, 0.717) is 17.9 Å². The molecule has 1 saturated heterocycles. The first-order valence-electron chi connectivity index (χ1n) is 8.77. The van der Waals surface area contributed by atoms with Crippen LogP contribution in [0, 0.1) is 0 Å². The quantitative estimate of drug-likeness (QED) is 0.702.